The highest BCUT2D eigenvalue weighted by Crippen LogP contribution is 2.30. The first-order valence-electron chi connectivity index (χ1n) is 3.56. The lowest BCUT2D eigenvalue weighted by Gasteiger charge is -2.08. The van der Waals surface area contributed by atoms with E-state index in [2.05, 4.69) is 15.9 Å². The van der Waals surface area contributed by atoms with Gasteiger partial charge in [-0.05, 0) is 28.1 Å². The van der Waals surface area contributed by atoms with E-state index in [1.165, 1.54) is 0 Å². The first kappa shape index (κ1) is 10.2. The second kappa shape index (κ2) is 4.41. The molecule has 0 fully saturated rings. The van der Waals surface area contributed by atoms with E-state index < -0.39 is 13.0 Å². The number of nitrogens with two attached hydrogens (primary N) is 1. The highest BCUT2D eigenvalue weighted by molar-refractivity contribution is 9.10. The minimum absolute atomic E-state index is 0.334. The Kier molecular flexibility index (Phi) is 3.48. The van der Waals surface area contributed by atoms with Crippen LogP contribution in [0.25, 0.3) is 0 Å². The van der Waals surface area contributed by atoms with Gasteiger partial charge in [-0.15, -0.1) is 0 Å². The number of ether oxygens (including phenoxy) is 1. The van der Waals surface area contributed by atoms with Crippen LogP contribution in [-0.4, -0.2) is 13.0 Å². The van der Waals surface area contributed by atoms with E-state index in [-0.39, 0.29) is 0 Å². The van der Waals surface area contributed by atoms with Gasteiger partial charge in [-0.25, -0.2) is 8.78 Å². The maximum Gasteiger partial charge on any atom is 0.272 e. The Morgan fingerprint density at radius 3 is 2.77 bits per heavy atom. The van der Waals surface area contributed by atoms with Crippen LogP contribution in [0.1, 0.15) is 0 Å². The van der Waals surface area contributed by atoms with Crippen LogP contribution in [0.4, 0.5) is 14.5 Å². The van der Waals surface area contributed by atoms with Crippen LogP contribution in [0.5, 0.6) is 5.75 Å². The zero-order valence-corrected chi connectivity index (χ0v) is 8.22. The average molecular weight is 252 g/mol. The lowest BCUT2D eigenvalue weighted by molar-refractivity contribution is 0.0816. The zero-order valence-electron chi connectivity index (χ0n) is 6.64. The summed E-state index contributed by atoms with van der Waals surface area (Å²) in [5, 5.41) is 0. The molecule has 0 aliphatic carbocycles. The van der Waals surface area contributed by atoms with Gasteiger partial charge in [-0.3, -0.25) is 0 Å². The number of alkyl halides is 2. The van der Waals surface area contributed by atoms with Crippen molar-refractivity contribution < 1.29 is 13.5 Å². The van der Waals surface area contributed by atoms with E-state index in [0.717, 1.165) is 0 Å². The lowest BCUT2D eigenvalue weighted by Crippen LogP contribution is -2.07. The van der Waals surface area contributed by atoms with Crippen LogP contribution in [-0.2, 0) is 0 Å². The van der Waals surface area contributed by atoms with Gasteiger partial charge in [0.1, 0.15) is 12.4 Å². The molecule has 0 unspecified atom stereocenters. The van der Waals surface area contributed by atoms with Crippen LogP contribution >= 0.6 is 15.9 Å². The SMILES string of the molecule is Nc1cccc(OCC(F)F)c1Br. The molecule has 0 aliphatic heterocycles. The molecule has 0 radical (unpaired) electrons. The van der Waals surface area contributed by atoms with Crippen molar-refractivity contribution in [2.45, 2.75) is 6.43 Å². The number of nitrogen functional groups attached to an aromatic ring is 1. The molecule has 0 saturated carbocycles. The largest absolute Gasteiger partial charge is 0.486 e. The van der Waals surface area contributed by atoms with Crippen molar-refractivity contribution >= 4 is 21.6 Å². The van der Waals surface area contributed by atoms with Crippen LogP contribution in [0.2, 0.25) is 0 Å². The molecule has 1 rings (SSSR count). The molecule has 0 amide bonds. The van der Waals surface area contributed by atoms with E-state index in [0.29, 0.717) is 15.9 Å². The molecule has 13 heavy (non-hydrogen) atoms. The number of hydrogen-bond donors (Lipinski definition) is 1. The Morgan fingerprint density at radius 2 is 2.15 bits per heavy atom. The summed E-state index contributed by atoms with van der Waals surface area (Å²) in [4.78, 5) is 0. The van der Waals surface area contributed by atoms with Gasteiger partial charge in [0.25, 0.3) is 6.43 Å². The maximum absolute atomic E-state index is 11.8. The monoisotopic (exact) mass is 251 g/mol. The van der Waals surface area contributed by atoms with Crippen LogP contribution in [0.15, 0.2) is 22.7 Å². The van der Waals surface area contributed by atoms with Crippen molar-refractivity contribution in [3.05, 3.63) is 22.7 Å². The first-order chi connectivity index (χ1) is 6.11. The molecule has 2 nitrogen and oxygen atoms in total. The maximum atomic E-state index is 11.8. The van der Waals surface area contributed by atoms with E-state index in [1.54, 1.807) is 18.2 Å². The summed E-state index contributed by atoms with van der Waals surface area (Å²) in [5.74, 6) is 0.334. The summed E-state index contributed by atoms with van der Waals surface area (Å²) in [6.07, 6.45) is -2.48. The fourth-order valence-electron chi connectivity index (χ4n) is 0.792. The summed E-state index contributed by atoms with van der Waals surface area (Å²) < 4.78 is 28.9. The lowest BCUT2D eigenvalue weighted by atomic mass is 10.3. The summed E-state index contributed by atoms with van der Waals surface area (Å²) in [7, 11) is 0. The fraction of sp³-hybridized carbons (Fsp3) is 0.250. The molecule has 0 heterocycles. The van der Waals surface area contributed by atoms with Crippen molar-refractivity contribution in [2.75, 3.05) is 12.3 Å². The highest BCUT2D eigenvalue weighted by atomic mass is 79.9. The van der Waals surface area contributed by atoms with Gasteiger partial charge in [0.15, 0.2) is 0 Å². The molecular formula is C8H8BrF2NO. The van der Waals surface area contributed by atoms with Crippen molar-refractivity contribution in [1.29, 1.82) is 0 Å². The predicted octanol–water partition coefficient (Wildman–Crippen LogP) is 2.68. The Morgan fingerprint density at radius 1 is 1.46 bits per heavy atom. The standard InChI is InChI=1S/C8H8BrF2NO/c9-8-5(12)2-1-3-6(8)13-4-7(10)11/h1-3,7H,4,12H2. The first-order valence-corrected chi connectivity index (χ1v) is 4.35. The molecule has 0 saturated heterocycles. The molecule has 2 N–H and O–H groups in total. The summed E-state index contributed by atoms with van der Waals surface area (Å²) in [5.41, 5.74) is 5.98. The number of halogens is 3. The van der Waals surface area contributed by atoms with E-state index in [9.17, 15) is 8.78 Å². The summed E-state index contributed by atoms with van der Waals surface area (Å²) in [6.45, 7) is -0.623. The summed E-state index contributed by atoms with van der Waals surface area (Å²) >= 11 is 3.14. The molecule has 0 aliphatic rings. The van der Waals surface area contributed by atoms with Crippen molar-refractivity contribution in [2.24, 2.45) is 0 Å². The molecule has 0 aromatic heterocycles. The predicted molar refractivity (Wildman–Crippen MR) is 50.1 cm³/mol. The highest BCUT2D eigenvalue weighted by Gasteiger charge is 2.07. The quantitative estimate of drug-likeness (QED) is 0.839. The van der Waals surface area contributed by atoms with Crippen LogP contribution in [0.3, 0.4) is 0 Å². The Labute approximate surface area is 82.8 Å². The third-order valence-electron chi connectivity index (χ3n) is 1.36. The van der Waals surface area contributed by atoms with Gasteiger partial charge in [0.05, 0.1) is 4.47 Å². The topological polar surface area (TPSA) is 35.2 Å². The molecule has 1 aromatic carbocycles. The fourth-order valence-corrected chi connectivity index (χ4v) is 1.17. The van der Waals surface area contributed by atoms with Crippen LogP contribution in [0, 0.1) is 0 Å². The Bertz CT molecular complexity index is 293. The Balaban J connectivity index is 2.71. The number of rotatable bonds is 3. The summed E-state index contributed by atoms with van der Waals surface area (Å²) in [6, 6.07) is 4.86. The second-order valence-corrected chi connectivity index (χ2v) is 3.15. The number of anilines is 1. The molecule has 5 heteroatoms. The van der Waals surface area contributed by atoms with E-state index in [1.807, 2.05) is 0 Å². The average Bonchev–Trinajstić information content (AvgIpc) is 2.07. The Hall–Kier alpha value is -0.840. The zero-order chi connectivity index (χ0) is 9.84. The van der Waals surface area contributed by atoms with Crippen molar-refractivity contribution in [3.63, 3.8) is 0 Å². The van der Waals surface area contributed by atoms with Gasteiger partial charge in [0, 0.05) is 5.69 Å². The second-order valence-electron chi connectivity index (χ2n) is 2.36. The van der Waals surface area contributed by atoms with Gasteiger partial charge < -0.3 is 10.5 Å². The van der Waals surface area contributed by atoms with Gasteiger partial charge in [-0.2, -0.15) is 0 Å². The van der Waals surface area contributed by atoms with Crippen molar-refractivity contribution in [1.82, 2.24) is 0 Å². The molecular weight excluding hydrogens is 244 g/mol. The number of benzene rings is 1. The van der Waals surface area contributed by atoms with Crippen LogP contribution < -0.4 is 10.5 Å². The molecule has 0 atom stereocenters. The minimum atomic E-state index is -2.48. The van der Waals surface area contributed by atoms with E-state index >= 15 is 0 Å². The van der Waals surface area contributed by atoms with Gasteiger partial charge in [-0.1, -0.05) is 6.07 Å². The number of hydrogen-bond acceptors (Lipinski definition) is 2. The molecule has 72 valence electrons. The normalized spacial score (nSPS) is 10.5. The van der Waals surface area contributed by atoms with Gasteiger partial charge >= 0.3 is 0 Å². The molecule has 0 bridgehead atoms. The third-order valence-corrected chi connectivity index (χ3v) is 2.21. The third kappa shape index (κ3) is 2.84. The van der Waals surface area contributed by atoms with Gasteiger partial charge in [0.2, 0.25) is 0 Å². The van der Waals surface area contributed by atoms with E-state index in [4.69, 9.17) is 10.5 Å². The molecule has 1 aromatic rings. The van der Waals surface area contributed by atoms with Crippen molar-refractivity contribution in [3.8, 4) is 5.75 Å². The molecule has 0 spiro atoms. The minimum Gasteiger partial charge on any atom is -0.486 e. The smallest absolute Gasteiger partial charge is 0.272 e.